The zero-order valence-corrected chi connectivity index (χ0v) is 29.5. The fourth-order valence-electron chi connectivity index (χ4n) is 5.63. The average Bonchev–Trinajstić information content (AvgIpc) is 3.28. The van der Waals surface area contributed by atoms with Crippen molar-refractivity contribution in [3.8, 4) is 11.5 Å². The summed E-state index contributed by atoms with van der Waals surface area (Å²) >= 11 is 0. The van der Waals surface area contributed by atoms with Gasteiger partial charge in [0.05, 0.1) is 12.7 Å². The van der Waals surface area contributed by atoms with Crippen molar-refractivity contribution in [1.29, 1.82) is 0 Å². The molecule has 47 heavy (non-hydrogen) atoms. The van der Waals surface area contributed by atoms with Crippen LogP contribution in [0.4, 0.5) is 5.69 Å². The van der Waals surface area contributed by atoms with E-state index in [-0.39, 0.29) is 29.8 Å². The number of ether oxygens (including phenoxy) is 3. The number of aromatic nitrogens is 2. The summed E-state index contributed by atoms with van der Waals surface area (Å²) in [5, 5.41) is 7.30. The van der Waals surface area contributed by atoms with Crippen LogP contribution in [0.3, 0.4) is 0 Å². The first-order valence-electron chi connectivity index (χ1n) is 16.5. The molecule has 2 aromatic heterocycles. The number of carbonyl (C=O) groups is 2. The van der Waals surface area contributed by atoms with Crippen LogP contribution in [0.1, 0.15) is 67.6 Å². The van der Waals surface area contributed by atoms with Crippen LogP contribution >= 0.6 is 0 Å². The molecule has 10 heteroatoms. The summed E-state index contributed by atoms with van der Waals surface area (Å²) in [7, 11) is -1.17. The second-order valence-electron chi connectivity index (χ2n) is 14.5. The molecule has 250 valence electrons. The van der Waals surface area contributed by atoms with Crippen molar-refractivity contribution in [3.63, 3.8) is 0 Å². The predicted molar refractivity (Wildman–Crippen MR) is 189 cm³/mol. The fourth-order valence-corrected chi connectivity index (χ4v) is 6.38. The molecule has 1 atom stereocenters. The summed E-state index contributed by atoms with van der Waals surface area (Å²) < 4.78 is 19.8. The van der Waals surface area contributed by atoms with Crippen LogP contribution in [0.5, 0.6) is 11.5 Å². The number of carbonyl (C=O) groups excluding carboxylic acids is 2. The Morgan fingerprint density at radius 2 is 1.85 bits per heavy atom. The van der Waals surface area contributed by atoms with Crippen LogP contribution in [0, 0.1) is 0 Å². The van der Waals surface area contributed by atoms with Gasteiger partial charge in [-0.1, -0.05) is 50.3 Å². The number of rotatable bonds is 12. The minimum atomic E-state index is -1.17. The largest absolute Gasteiger partial charge is 0.456 e. The molecule has 0 aliphatic heterocycles. The Morgan fingerprint density at radius 3 is 2.64 bits per heavy atom. The molecule has 2 aromatic carbocycles. The molecule has 2 N–H and O–H groups in total. The Labute approximate surface area is 279 Å². The minimum absolute atomic E-state index is 0.127. The van der Waals surface area contributed by atoms with Crippen molar-refractivity contribution in [2.45, 2.75) is 90.5 Å². The highest BCUT2D eigenvalue weighted by atomic mass is 28.3. The van der Waals surface area contributed by atoms with Crippen LogP contribution in [0.25, 0.3) is 11.0 Å². The van der Waals surface area contributed by atoms with E-state index in [0.717, 1.165) is 49.4 Å². The smallest absolute Gasteiger partial charge is 0.342 e. The van der Waals surface area contributed by atoms with Crippen molar-refractivity contribution >= 4 is 36.7 Å². The molecule has 0 saturated heterocycles. The molecular weight excluding hydrogens is 609 g/mol. The van der Waals surface area contributed by atoms with Crippen LogP contribution < -0.4 is 15.4 Å². The van der Waals surface area contributed by atoms with E-state index < -0.39 is 19.6 Å². The van der Waals surface area contributed by atoms with Crippen molar-refractivity contribution in [2.24, 2.45) is 0 Å². The number of pyridine rings is 1. The zero-order valence-electron chi connectivity index (χ0n) is 28.5. The highest BCUT2D eigenvalue weighted by Gasteiger charge is 2.23. The second kappa shape index (κ2) is 14.8. The monoisotopic (exact) mass is 656 g/mol. The number of amides is 1. The minimum Gasteiger partial charge on any atom is -0.456 e. The predicted octanol–water partition coefficient (Wildman–Crippen LogP) is 8.09. The zero-order chi connectivity index (χ0) is 33.6. The molecular formula is C37H48N4O5Si. The number of nitrogens with one attached hydrogen (secondary N) is 2. The maximum atomic E-state index is 13.2. The Balaban J connectivity index is 1.30. The van der Waals surface area contributed by atoms with Gasteiger partial charge in [0.1, 0.15) is 35.0 Å². The number of aryl methyl sites for hydroxylation is 1. The van der Waals surface area contributed by atoms with Crippen LogP contribution in [0.2, 0.25) is 25.7 Å². The average molecular weight is 657 g/mol. The number of hydrogen-bond donors (Lipinski definition) is 2. The molecule has 1 amide bonds. The summed E-state index contributed by atoms with van der Waals surface area (Å²) in [5.74, 6) is 0.0174. The van der Waals surface area contributed by atoms with Gasteiger partial charge in [0.15, 0.2) is 0 Å². The lowest BCUT2D eigenvalue weighted by Gasteiger charge is -2.21. The lowest BCUT2D eigenvalue weighted by Crippen LogP contribution is -2.31. The summed E-state index contributed by atoms with van der Waals surface area (Å²) in [6, 6.07) is 18.5. The van der Waals surface area contributed by atoms with E-state index in [4.69, 9.17) is 14.2 Å². The maximum Gasteiger partial charge on any atom is 0.342 e. The molecule has 0 spiro atoms. The third-order valence-electron chi connectivity index (χ3n) is 8.04. The van der Waals surface area contributed by atoms with E-state index in [2.05, 4.69) is 59.5 Å². The molecule has 0 bridgehead atoms. The highest BCUT2D eigenvalue weighted by Crippen LogP contribution is 2.32. The standard InChI is InChI=1S/C37H48N4O5Si/c1-37(2,3)46-36(43)31-16-15-28(40-34(42)24-38-32-14-10-8-12-26-11-7-9-13-30(26)32)22-33(31)45-29-21-27-17-18-41(35(27)39-23-29)25-44-19-20-47(4,5)6/h7,9,11,13,15-18,21-23,32,38H,8,10,12,14,19-20,24-25H2,1-6H3,(H,40,42)/t32-/m1/s1. The first kappa shape index (κ1) is 34.3. The lowest BCUT2D eigenvalue weighted by molar-refractivity contribution is -0.115. The van der Waals surface area contributed by atoms with E-state index in [9.17, 15) is 9.59 Å². The number of nitrogens with zero attached hydrogens (tertiary/aromatic N) is 2. The van der Waals surface area contributed by atoms with Gasteiger partial charge in [-0.2, -0.15) is 0 Å². The second-order valence-corrected chi connectivity index (χ2v) is 20.1. The number of anilines is 1. The molecule has 2 heterocycles. The van der Waals surface area contributed by atoms with Crippen LogP contribution in [0.15, 0.2) is 67.0 Å². The Hall–Kier alpha value is -3.99. The third-order valence-corrected chi connectivity index (χ3v) is 9.75. The van der Waals surface area contributed by atoms with Crippen LogP contribution in [-0.2, 0) is 27.4 Å². The van der Waals surface area contributed by atoms with Gasteiger partial charge in [-0.25, -0.2) is 9.78 Å². The number of fused-ring (bicyclic) bond motifs is 2. The van der Waals surface area contributed by atoms with E-state index in [1.54, 1.807) is 24.4 Å². The van der Waals surface area contributed by atoms with Crippen molar-refractivity contribution < 1.29 is 23.8 Å². The summed E-state index contributed by atoms with van der Waals surface area (Å²) in [6.45, 7) is 13.7. The van der Waals surface area contributed by atoms with Crippen molar-refractivity contribution in [1.82, 2.24) is 14.9 Å². The number of benzene rings is 2. The number of hydrogen-bond acceptors (Lipinski definition) is 7. The van der Waals surface area contributed by atoms with Gasteiger partial charge in [0.2, 0.25) is 5.91 Å². The number of esters is 1. The topological polar surface area (TPSA) is 104 Å². The third kappa shape index (κ3) is 9.76. The summed E-state index contributed by atoms with van der Waals surface area (Å²) in [6.07, 6.45) is 7.88. The first-order valence-corrected chi connectivity index (χ1v) is 20.2. The molecule has 0 radical (unpaired) electrons. The van der Waals surface area contributed by atoms with E-state index in [0.29, 0.717) is 18.2 Å². The van der Waals surface area contributed by atoms with E-state index in [1.165, 1.54) is 11.1 Å². The Kier molecular flexibility index (Phi) is 10.8. The van der Waals surface area contributed by atoms with Gasteiger partial charge in [0.25, 0.3) is 0 Å². The molecule has 1 aliphatic rings. The molecule has 1 aliphatic carbocycles. The molecule has 5 rings (SSSR count). The highest BCUT2D eigenvalue weighted by molar-refractivity contribution is 6.76. The molecule has 9 nitrogen and oxygen atoms in total. The van der Waals surface area contributed by atoms with Crippen molar-refractivity contribution in [3.05, 3.63) is 83.7 Å². The van der Waals surface area contributed by atoms with E-state index in [1.807, 2.05) is 43.7 Å². The van der Waals surface area contributed by atoms with Gasteiger partial charge in [-0.3, -0.25) is 4.79 Å². The molecule has 0 saturated carbocycles. The van der Waals surface area contributed by atoms with E-state index >= 15 is 0 Å². The Bertz CT molecular complexity index is 1710. The quantitative estimate of drug-likeness (QED) is 0.0688. The SMILES string of the molecule is CC(C)(C)OC(=O)c1ccc(NC(=O)CN[C@@H]2CCCCc3ccccc32)cc1Oc1cnc2c(ccn2COCC[Si](C)(C)C)c1. The van der Waals surface area contributed by atoms with Gasteiger partial charge < -0.3 is 29.4 Å². The van der Waals surface area contributed by atoms with Gasteiger partial charge in [-0.15, -0.1) is 0 Å². The van der Waals surface area contributed by atoms with Gasteiger partial charge >= 0.3 is 5.97 Å². The first-order chi connectivity index (χ1) is 22.3. The van der Waals surface area contributed by atoms with Gasteiger partial charge in [0, 0.05) is 44.1 Å². The molecule has 4 aromatic rings. The molecule has 0 fully saturated rings. The van der Waals surface area contributed by atoms with Crippen LogP contribution in [-0.4, -0.2) is 48.3 Å². The molecule has 0 unspecified atom stereocenters. The van der Waals surface area contributed by atoms with Crippen molar-refractivity contribution in [2.75, 3.05) is 18.5 Å². The normalized spacial score (nSPS) is 15.1. The lowest BCUT2D eigenvalue weighted by atomic mass is 9.99. The Morgan fingerprint density at radius 1 is 1.04 bits per heavy atom. The summed E-state index contributed by atoms with van der Waals surface area (Å²) in [5.41, 5.74) is 3.46. The maximum absolute atomic E-state index is 13.2. The summed E-state index contributed by atoms with van der Waals surface area (Å²) in [4.78, 5) is 30.9. The van der Waals surface area contributed by atoms with Gasteiger partial charge in [-0.05, 0) is 81.5 Å². The fraction of sp³-hybridized carbons (Fsp3) is 0.432.